The normalized spacial score (nSPS) is 11.1. The first kappa shape index (κ1) is 65.7. The first-order valence-corrected chi connectivity index (χ1v) is 29.8. The van der Waals surface area contributed by atoms with Gasteiger partial charge in [-0.15, -0.1) is 0 Å². The SMILES string of the molecule is CCn1nc(C)cc1C(=O)Nc1nc2cc(C(N)=O)ccc2n1CCCCn1c(NC(=O)c2cc(C)nn2CC)nc2cc(C(=O)OC)ccc21.CCn1nc(C)cc1C(=O)O.COC(=O)c1ccc2c(c1)nc(N)n2CCCCn1c(N)nc2cc(C(N)=O)ccc21. The number of primary amides is 2. The molecule has 0 atom stereocenters. The van der Waals surface area contributed by atoms with Crippen LogP contribution in [0.2, 0.25) is 0 Å². The highest BCUT2D eigenvalue weighted by Crippen LogP contribution is 2.28. The Bertz CT molecular complexity index is 4670. The van der Waals surface area contributed by atoms with Crippen LogP contribution in [0.25, 0.3) is 44.1 Å². The Morgan fingerprint density at radius 2 is 0.742 bits per heavy atom. The van der Waals surface area contributed by atoms with Gasteiger partial charge in [-0.1, -0.05) is 0 Å². The number of hydrogen-bond donors (Lipinski definition) is 7. The van der Waals surface area contributed by atoms with Crippen molar-refractivity contribution >= 4 is 109 Å². The molecule has 0 bridgehead atoms. The van der Waals surface area contributed by atoms with E-state index in [1.165, 1.54) is 18.9 Å². The minimum atomic E-state index is -0.924. The fraction of sp³-hybridized carbons (Fsp3) is 0.302. The highest BCUT2D eigenvalue weighted by molar-refractivity contribution is 6.05. The summed E-state index contributed by atoms with van der Waals surface area (Å²) in [4.78, 5) is 103. The average molecular weight is 1270 g/mol. The van der Waals surface area contributed by atoms with Crippen molar-refractivity contribution in [3.63, 3.8) is 0 Å². The Morgan fingerprint density at radius 3 is 1.06 bits per heavy atom. The van der Waals surface area contributed by atoms with E-state index in [0.29, 0.717) is 138 Å². The summed E-state index contributed by atoms with van der Waals surface area (Å²) in [6.07, 6.45) is 2.92. The lowest BCUT2D eigenvalue weighted by molar-refractivity contribution is 0.0592. The second-order valence-electron chi connectivity index (χ2n) is 21.5. The van der Waals surface area contributed by atoms with Crippen LogP contribution in [0, 0.1) is 20.8 Å². The summed E-state index contributed by atoms with van der Waals surface area (Å²) in [6.45, 7) is 15.0. The van der Waals surface area contributed by atoms with Crippen molar-refractivity contribution in [2.24, 2.45) is 11.5 Å². The zero-order valence-corrected chi connectivity index (χ0v) is 52.6. The smallest absolute Gasteiger partial charge is 0.354 e. The number of carbonyl (C=O) groups is 7. The number of nitrogens with zero attached hydrogens (tertiary/aromatic N) is 14. The lowest BCUT2D eigenvalue weighted by atomic mass is 10.2. The van der Waals surface area contributed by atoms with Crippen LogP contribution in [0.3, 0.4) is 0 Å². The summed E-state index contributed by atoms with van der Waals surface area (Å²) in [6, 6.07) is 25.4. The van der Waals surface area contributed by atoms with Gasteiger partial charge in [0.05, 0.1) is 86.6 Å². The van der Waals surface area contributed by atoms with Crippen LogP contribution in [0.15, 0.2) is 91.0 Å². The van der Waals surface area contributed by atoms with Gasteiger partial charge in [-0.25, -0.2) is 34.3 Å². The molecule has 7 aromatic heterocycles. The summed E-state index contributed by atoms with van der Waals surface area (Å²) in [5.41, 5.74) is 33.2. The molecule has 4 aromatic carbocycles. The Kier molecular flexibility index (Phi) is 20.1. The van der Waals surface area contributed by atoms with Gasteiger partial charge >= 0.3 is 17.9 Å². The topological polar surface area (TPSA) is 411 Å². The molecule has 484 valence electrons. The third-order valence-electron chi connectivity index (χ3n) is 15.2. The Labute approximate surface area is 531 Å². The van der Waals surface area contributed by atoms with Crippen LogP contribution in [0.4, 0.5) is 23.8 Å². The summed E-state index contributed by atoms with van der Waals surface area (Å²) >= 11 is 0. The number of carboxylic acid groups (broad SMARTS) is 1. The van der Waals surface area contributed by atoms with Crippen molar-refractivity contribution in [3.8, 4) is 0 Å². The van der Waals surface area contributed by atoms with Crippen molar-refractivity contribution in [2.75, 3.05) is 36.3 Å². The van der Waals surface area contributed by atoms with Crippen LogP contribution in [0.1, 0.15) is 136 Å². The van der Waals surface area contributed by atoms with E-state index in [1.807, 2.05) is 59.0 Å². The van der Waals surface area contributed by atoms with Gasteiger partial charge in [-0.2, -0.15) is 15.3 Å². The van der Waals surface area contributed by atoms with E-state index < -0.39 is 29.7 Å². The van der Waals surface area contributed by atoms with Crippen LogP contribution >= 0.6 is 0 Å². The number of aromatic carboxylic acids is 1. The van der Waals surface area contributed by atoms with Crippen LogP contribution in [0.5, 0.6) is 0 Å². The number of fused-ring (bicyclic) bond motifs is 4. The molecule has 93 heavy (non-hydrogen) atoms. The van der Waals surface area contributed by atoms with E-state index in [-0.39, 0.29) is 17.5 Å². The number of imidazole rings is 4. The predicted molar refractivity (Wildman–Crippen MR) is 347 cm³/mol. The predicted octanol–water partition coefficient (Wildman–Crippen LogP) is 7.13. The van der Waals surface area contributed by atoms with E-state index in [1.54, 1.807) is 101 Å². The molecule has 11 aromatic rings. The second-order valence-corrected chi connectivity index (χ2v) is 21.5. The van der Waals surface area contributed by atoms with E-state index in [9.17, 15) is 33.6 Å². The monoisotopic (exact) mass is 1270 g/mol. The first-order chi connectivity index (χ1) is 44.5. The lowest BCUT2D eigenvalue weighted by Crippen LogP contribution is -2.20. The third-order valence-corrected chi connectivity index (χ3v) is 15.2. The molecule has 4 amide bonds. The van der Waals surface area contributed by atoms with Crippen molar-refractivity contribution in [3.05, 3.63) is 147 Å². The number of aryl methyl sites for hydroxylation is 10. The molecule has 0 aliphatic rings. The number of carboxylic acids is 1. The molecule has 0 fully saturated rings. The maximum Gasteiger partial charge on any atom is 0.354 e. The molecule has 0 unspecified atom stereocenters. The van der Waals surface area contributed by atoms with E-state index in [2.05, 4.69) is 45.9 Å². The average Bonchev–Trinajstić information content (AvgIpc) is 1.69. The number of benzene rings is 4. The number of methoxy groups -OCH3 is 2. The maximum absolute atomic E-state index is 13.4. The summed E-state index contributed by atoms with van der Waals surface area (Å²) in [5, 5.41) is 27.3. The van der Waals surface area contributed by atoms with Crippen molar-refractivity contribution in [2.45, 2.75) is 113 Å². The van der Waals surface area contributed by atoms with Crippen LogP contribution in [-0.2, 0) is 55.3 Å². The first-order valence-electron chi connectivity index (χ1n) is 29.8. The summed E-state index contributed by atoms with van der Waals surface area (Å²) in [7, 11) is 2.65. The number of unbranched alkanes of at least 4 members (excludes halogenated alkanes) is 2. The van der Waals surface area contributed by atoms with E-state index in [0.717, 1.165) is 52.0 Å². The van der Waals surface area contributed by atoms with Gasteiger partial charge in [-0.05, 0) is 158 Å². The number of nitrogens with two attached hydrogens (primary N) is 4. The molecule has 11 N–H and O–H groups in total. The molecule has 0 radical (unpaired) electrons. The van der Waals surface area contributed by atoms with Crippen molar-refractivity contribution < 1.29 is 48.1 Å². The van der Waals surface area contributed by atoms with Crippen LogP contribution < -0.4 is 33.6 Å². The quantitative estimate of drug-likeness (QED) is 0.0262. The lowest BCUT2D eigenvalue weighted by Gasteiger charge is -2.13. The van der Waals surface area contributed by atoms with E-state index >= 15 is 0 Å². The molecular weight excluding hydrogens is 1200 g/mol. The second kappa shape index (κ2) is 28.4. The van der Waals surface area contributed by atoms with Crippen molar-refractivity contribution in [1.82, 2.24) is 67.5 Å². The minimum Gasteiger partial charge on any atom is -0.477 e. The molecule has 0 saturated carbocycles. The number of ether oxygens (including phenoxy) is 2. The number of esters is 2. The highest BCUT2D eigenvalue weighted by atomic mass is 16.5. The van der Waals surface area contributed by atoms with Gasteiger partial charge in [0.25, 0.3) is 11.8 Å². The molecule has 11 rings (SSSR count). The standard InChI is InChI=1S/C35H39N11O5.C21H23N7O3.C7H10N2O2/c1-6-45-28(16-20(3)41-45)31(48)39-34-37-24-18-22(30(36)47)10-12-26(24)43(34)14-8-9-15-44-27-13-11-23(33(50)51-5)19-25(27)38-35(44)40-32(49)29-17-21(4)42-46(29)7-2;1-31-19(30)13-5-7-17-15(11-13)26-21(24)28(17)9-3-2-8-27-16-6-4-12(18(22)29)10-14(16)25-20(27)23;1-3-9-6(7(10)11)4-5(2)8-9/h10-13,16-19H,6-9,14-15H2,1-5H3,(H2,36,47)(H,37,39,48)(H,38,40,49);4-7,10-11H,2-3,8-9H2,1H3,(H2,22,29)(H2,23,25)(H2,24,26);4H,3H2,1-2H3,(H,10,11). The summed E-state index contributed by atoms with van der Waals surface area (Å²) < 4.78 is 22.0. The van der Waals surface area contributed by atoms with Gasteiger partial charge in [0.2, 0.25) is 35.6 Å². The largest absolute Gasteiger partial charge is 0.477 e. The molecule has 0 saturated heterocycles. The van der Waals surface area contributed by atoms with Gasteiger partial charge in [0.15, 0.2) is 0 Å². The Morgan fingerprint density at radius 1 is 0.441 bits per heavy atom. The molecule has 30 heteroatoms. The van der Waals surface area contributed by atoms with Gasteiger partial charge in [0, 0.05) is 56.9 Å². The number of amides is 4. The molecule has 7 heterocycles. The number of hydrogen-bond acceptors (Lipinski definition) is 18. The number of carbonyl (C=O) groups excluding carboxylic acids is 6. The van der Waals surface area contributed by atoms with Gasteiger partial charge in [0.1, 0.15) is 17.1 Å². The zero-order chi connectivity index (χ0) is 66.9. The maximum atomic E-state index is 13.4. The van der Waals surface area contributed by atoms with E-state index in [4.69, 9.17) is 37.5 Å². The molecule has 0 aliphatic heterocycles. The molecular formula is C63H72N20O10. The molecule has 30 nitrogen and oxygen atoms in total. The fourth-order valence-corrected chi connectivity index (χ4v) is 10.8. The Hall–Kier alpha value is -11.7. The number of nitrogens with one attached hydrogen (secondary N) is 2. The van der Waals surface area contributed by atoms with Crippen LogP contribution in [-0.4, -0.2) is 128 Å². The zero-order valence-electron chi connectivity index (χ0n) is 52.6. The minimum absolute atomic E-state index is 0.255. The number of anilines is 4. The fourth-order valence-electron chi connectivity index (χ4n) is 10.8. The van der Waals surface area contributed by atoms with Gasteiger partial charge in [-0.3, -0.25) is 43.9 Å². The summed E-state index contributed by atoms with van der Waals surface area (Å²) in [5.74, 6) is -2.21. The van der Waals surface area contributed by atoms with Gasteiger partial charge < -0.3 is 55.8 Å². The number of rotatable bonds is 22. The Balaban J connectivity index is 0.000000204. The van der Waals surface area contributed by atoms with Crippen molar-refractivity contribution in [1.29, 1.82) is 0 Å². The highest BCUT2D eigenvalue weighted by Gasteiger charge is 2.23. The number of aromatic nitrogens is 14. The number of nitrogen functional groups attached to an aromatic ring is 2. The molecule has 0 aliphatic carbocycles. The molecule has 0 spiro atoms. The third kappa shape index (κ3) is 14.5.